The second-order valence-corrected chi connectivity index (χ2v) is 4.93. The van der Waals surface area contributed by atoms with Crippen molar-refractivity contribution < 1.29 is 9.59 Å². The molecule has 3 N–H and O–H groups in total. The number of hydrogen-bond donors (Lipinski definition) is 2. The van der Waals surface area contributed by atoms with Gasteiger partial charge in [0, 0.05) is 26.1 Å². The fraction of sp³-hybridized carbons (Fsp3) is 0.833. The highest BCUT2D eigenvalue weighted by atomic mass is 16.2. The third kappa shape index (κ3) is 4.00. The molecule has 0 radical (unpaired) electrons. The molecule has 0 saturated heterocycles. The summed E-state index contributed by atoms with van der Waals surface area (Å²) in [5, 5.41) is 2.94. The van der Waals surface area contributed by atoms with Gasteiger partial charge in [0.2, 0.25) is 11.8 Å². The molecule has 0 aromatic heterocycles. The van der Waals surface area contributed by atoms with Gasteiger partial charge in [-0.2, -0.15) is 0 Å². The Bertz CT molecular complexity index is 283. The molecule has 1 fully saturated rings. The van der Waals surface area contributed by atoms with E-state index in [1.807, 2.05) is 7.05 Å². The number of rotatable bonds is 3. The highest BCUT2D eigenvalue weighted by Crippen LogP contribution is 2.22. The molecular formula is C12H23N3O2. The molecule has 1 unspecified atom stereocenters. The van der Waals surface area contributed by atoms with E-state index in [1.165, 1.54) is 0 Å². The zero-order valence-electron chi connectivity index (χ0n) is 10.9. The van der Waals surface area contributed by atoms with Crippen molar-refractivity contribution in [1.82, 2.24) is 10.2 Å². The minimum atomic E-state index is -0.451. The predicted molar refractivity (Wildman–Crippen MR) is 66.3 cm³/mol. The van der Waals surface area contributed by atoms with Gasteiger partial charge in [-0.3, -0.25) is 9.59 Å². The molecule has 98 valence electrons. The quantitative estimate of drug-likeness (QED) is 0.743. The van der Waals surface area contributed by atoms with Crippen LogP contribution in [0.15, 0.2) is 0 Å². The fourth-order valence-electron chi connectivity index (χ4n) is 2.20. The van der Waals surface area contributed by atoms with Crippen LogP contribution in [0.25, 0.3) is 0 Å². The summed E-state index contributed by atoms with van der Waals surface area (Å²) < 4.78 is 0. The molecule has 0 aromatic carbocycles. The van der Waals surface area contributed by atoms with Gasteiger partial charge in [0.1, 0.15) is 0 Å². The fourth-order valence-corrected chi connectivity index (χ4v) is 2.20. The van der Waals surface area contributed by atoms with E-state index >= 15 is 0 Å². The second kappa shape index (κ2) is 6.00. The average Bonchev–Trinajstić information content (AvgIpc) is 2.28. The van der Waals surface area contributed by atoms with E-state index in [2.05, 4.69) is 5.32 Å². The first-order valence-corrected chi connectivity index (χ1v) is 6.21. The largest absolute Gasteiger partial charge is 0.352 e. The summed E-state index contributed by atoms with van der Waals surface area (Å²) in [5.74, 6) is 0.0152. The molecule has 0 spiro atoms. The monoisotopic (exact) mass is 241 g/mol. The molecule has 1 saturated carbocycles. The van der Waals surface area contributed by atoms with Crippen LogP contribution >= 0.6 is 0 Å². The highest BCUT2D eigenvalue weighted by molar-refractivity contribution is 5.81. The topological polar surface area (TPSA) is 75.4 Å². The first-order valence-electron chi connectivity index (χ1n) is 6.21. The molecule has 5 nitrogen and oxygen atoms in total. The van der Waals surface area contributed by atoms with Gasteiger partial charge in [-0.25, -0.2) is 0 Å². The maximum Gasteiger partial charge on any atom is 0.236 e. The van der Waals surface area contributed by atoms with Crippen LogP contribution < -0.4 is 11.1 Å². The number of carbonyl (C=O) groups excluding carboxylic acids is 2. The van der Waals surface area contributed by atoms with Crippen LogP contribution in [0, 0.1) is 0 Å². The Morgan fingerprint density at radius 2 is 1.82 bits per heavy atom. The molecule has 1 aliphatic carbocycles. The highest BCUT2D eigenvalue weighted by Gasteiger charge is 2.26. The predicted octanol–water partition coefficient (Wildman–Crippen LogP) is 0.239. The summed E-state index contributed by atoms with van der Waals surface area (Å²) >= 11 is 0. The van der Waals surface area contributed by atoms with Crippen molar-refractivity contribution in [2.24, 2.45) is 5.73 Å². The van der Waals surface area contributed by atoms with Crippen LogP contribution in [0.3, 0.4) is 0 Å². The van der Waals surface area contributed by atoms with Crippen molar-refractivity contribution in [1.29, 1.82) is 0 Å². The van der Waals surface area contributed by atoms with E-state index < -0.39 is 6.04 Å². The van der Waals surface area contributed by atoms with Gasteiger partial charge < -0.3 is 16.0 Å². The molecule has 17 heavy (non-hydrogen) atoms. The van der Waals surface area contributed by atoms with Crippen molar-refractivity contribution >= 4 is 11.8 Å². The SMILES string of the molecule is CC(=O)N(C)C1CCC(NC(=O)C(C)N)CC1. The van der Waals surface area contributed by atoms with Crippen molar-refractivity contribution in [3.63, 3.8) is 0 Å². The van der Waals surface area contributed by atoms with E-state index in [0.29, 0.717) is 6.04 Å². The van der Waals surface area contributed by atoms with Gasteiger partial charge in [-0.15, -0.1) is 0 Å². The first kappa shape index (κ1) is 14.0. The van der Waals surface area contributed by atoms with Crippen LogP contribution in [0.1, 0.15) is 39.5 Å². The second-order valence-electron chi connectivity index (χ2n) is 4.93. The number of nitrogens with one attached hydrogen (secondary N) is 1. The number of hydrogen-bond acceptors (Lipinski definition) is 3. The van der Waals surface area contributed by atoms with Crippen LogP contribution in [0.4, 0.5) is 0 Å². The standard InChI is InChI=1S/C12H23N3O2/c1-8(13)12(17)14-10-4-6-11(7-5-10)15(3)9(2)16/h8,10-11H,4-7,13H2,1-3H3,(H,14,17). The normalized spacial score (nSPS) is 26.1. The van der Waals surface area contributed by atoms with E-state index in [-0.39, 0.29) is 17.9 Å². The minimum absolute atomic E-state index is 0.0895. The van der Waals surface area contributed by atoms with Gasteiger partial charge in [-0.1, -0.05) is 0 Å². The lowest BCUT2D eigenvalue weighted by molar-refractivity contribution is -0.130. The summed E-state index contributed by atoms with van der Waals surface area (Å²) in [6, 6.07) is 0.0775. The molecular weight excluding hydrogens is 218 g/mol. The number of nitrogens with zero attached hydrogens (tertiary/aromatic N) is 1. The minimum Gasteiger partial charge on any atom is -0.352 e. The van der Waals surface area contributed by atoms with Gasteiger partial charge in [0.05, 0.1) is 6.04 Å². The van der Waals surface area contributed by atoms with Crippen molar-refractivity contribution in [2.45, 2.75) is 57.7 Å². The molecule has 1 rings (SSSR count). The Kier molecular flexibility index (Phi) is 4.93. The summed E-state index contributed by atoms with van der Waals surface area (Å²) in [7, 11) is 1.84. The Hall–Kier alpha value is -1.10. The zero-order chi connectivity index (χ0) is 13.0. The van der Waals surface area contributed by atoms with Crippen molar-refractivity contribution in [3.8, 4) is 0 Å². The van der Waals surface area contributed by atoms with Gasteiger partial charge in [0.15, 0.2) is 0 Å². The Morgan fingerprint density at radius 3 is 2.24 bits per heavy atom. The lowest BCUT2D eigenvalue weighted by atomic mass is 9.90. The molecule has 0 heterocycles. The number of nitrogens with two attached hydrogens (primary N) is 1. The molecule has 1 aliphatic rings. The van der Waals surface area contributed by atoms with Crippen molar-refractivity contribution in [3.05, 3.63) is 0 Å². The van der Waals surface area contributed by atoms with Crippen LogP contribution in [0.5, 0.6) is 0 Å². The summed E-state index contributed by atoms with van der Waals surface area (Å²) in [6.45, 7) is 3.27. The maximum absolute atomic E-state index is 11.4. The Labute approximate surface area is 103 Å². The van der Waals surface area contributed by atoms with Crippen molar-refractivity contribution in [2.75, 3.05) is 7.05 Å². The lowest BCUT2D eigenvalue weighted by Gasteiger charge is -2.34. The van der Waals surface area contributed by atoms with Gasteiger partial charge >= 0.3 is 0 Å². The summed E-state index contributed by atoms with van der Waals surface area (Å²) in [4.78, 5) is 24.5. The lowest BCUT2D eigenvalue weighted by Crippen LogP contribution is -2.47. The Morgan fingerprint density at radius 1 is 1.29 bits per heavy atom. The van der Waals surface area contributed by atoms with Crippen LogP contribution in [0.2, 0.25) is 0 Å². The van der Waals surface area contributed by atoms with Gasteiger partial charge in [0.25, 0.3) is 0 Å². The van der Waals surface area contributed by atoms with Crippen LogP contribution in [-0.4, -0.2) is 41.9 Å². The third-order valence-corrected chi connectivity index (χ3v) is 3.50. The third-order valence-electron chi connectivity index (χ3n) is 3.50. The number of amides is 2. The van der Waals surface area contributed by atoms with E-state index in [4.69, 9.17) is 5.73 Å². The molecule has 0 bridgehead atoms. The van der Waals surface area contributed by atoms with E-state index in [0.717, 1.165) is 25.7 Å². The molecule has 1 atom stereocenters. The summed E-state index contributed by atoms with van der Waals surface area (Å²) in [5.41, 5.74) is 5.50. The van der Waals surface area contributed by atoms with Gasteiger partial charge in [-0.05, 0) is 32.6 Å². The molecule has 0 aliphatic heterocycles. The molecule has 5 heteroatoms. The smallest absolute Gasteiger partial charge is 0.236 e. The molecule has 2 amide bonds. The number of carbonyl (C=O) groups is 2. The maximum atomic E-state index is 11.4. The zero-order valence-corrected chi connectivity index (χ0v) is 10.9. The van der Waals surface area contributed by atoms with E-state index in [1.54, 1.807) is 18.7 Å². The Balaban J connectivity index is 2.36. The van der Waals surface area contributed by atoms with Crippen LogP contribution in [-0.2, 0) is 9.59 Å². The average molecular weight is 241 g/mol. The first-order chi connectivity index (χ1) is 7.91. The molecule has 0 aromatic rings. The summed E-state index contributed by atoms with van der Waals surface area (Å²) in [6.07, 6.45) is 3.72. The van der Waals surface area contributed by atoms with E-state index in [9.17, 15) is 9.59 Å².